The monoisotopic (exact) mass is 248 g/mol. The Morgan fingerprint density at radius 1 is 1.00 bits per heavy atom. The maximum atomic E-state index is 9.03. The predicted molar refractivity (Wildman–Crippen MR) is 73.7 cm³/mol. The third kappa shape index (κ3) is 3.56. The topological polar surface area (TPSA) is 46.9 Å². The molecular formula is C13H21BN2O2. The van der Waals surface area contributed by atoms with Crippen LogP contribution >= 0.6 is 0 Å². The van der Waals surface area contributed by atoms with E-state index in [9.17, 15) is 0 Å². The third-order valence-electron chi connectivity index (χ3n) is 3.60. The summed E-state index contributed by atoms with van der Waals surface area (Å²) in [6.07, 6.45) is 0. The van der Waals surface area contributed by atoms with E-state index in [1.54, 1.807) is 12.1 Å². The minimum atomic E-state index is -1.37. The van der Waals surface area contributed by atoms with Crippen molar-refractivity contribution in [3.05, 3.63) is 29.8 Å². The predicted octanol–water partition coefficient (Wildman–Crippen LogP) is -0.496. The Morgan fingerprint density at radius 3 is 2.06 bits per heavy atom. The van der Waals surface area contributed by atoms with Crippen LogP contribution in [0.1, 0.15) is 12.5 Å². The van der Waals surface area contributed by atoms with Crippen molar-refractivity contribution in [2.45, 2.75) is 13.5 Å². The standard InChI is InChI=1S/C13H21BN2O2/c1-2-15-7-9-16(10-8-15)11-12-3-5-13(6-4-12)14(17)18/h3-6,17-18H,2,7-11H2,1H3. The second-order valence-corrected chi connectivity index (χ2v) is 4.83. The molecular weight excluding hydrogens is 227 g/mol. The van der Waals surface area contributed by atoms with Crippen LogP contribution in [0.2, 0.25) is 0 Å². The van der Waals surface area contributed by atoms with Crippen LogP contribution in [0, 0.1) is 0 Å². The lowest BCUT2D eigenvalue weighted by atomic mass is 9.80. The number of likely N-dealkylation sites (N-methyl/N-ethyl adjacent to an activating group) is 1. The Morgan fingerprint density at radius 2 is 1.56 bits per heavy atom. The van der Waals surface area contributed by atoms with Crippen molar-refractivity contribution in [3.8, 4) is 0 Å². The number of piperazine rings is 1. The molecule has 0 aromatic heterocycles. The Kier molecular flexibility index (Phi) is 4.77. The van der Waals surface area contributed by atoms with Crippen LogP contribution in [0.5, 0.6) is 0 Å². The SMILES string of the molecule is CCN1CCN(Cc2ccc(B(O)O)cc2)CC1. The van der Waals surface area contributed by atoms with E-state index in [0.29, 0.717) is 5.46 Å². The van der Waals surface area contributed by atoms with E-state index in [-0.39, 0.29) is 0 Å². The van der Waals surface area contributed by atoms with Crippen LogP contribution in [0.25, 0.3) is 0 Å². The molecule has 0 aliphatic carbocycles. The molecule has 0 unspecified atom stereocenters. The quantitative estimate of drug-likeness (QED) is 0.705. The van der Waals surface area contributed by atoms with Crippen molar-refractivity contribution >= 4 is 12.6 Å². The van der Waals surface area contributed by atoms with E-state index in [1.165, 1.54) is 5.56 Å². The Balaban J connectivity index is 1.86. The molecule has 1 fully saturated rings. The molecule has 1 saturated heterocycles. The molecule has 5 heteroatoms. The Hall–Kier alpha value is -0.875. The van der Waals surface area contributed by atoms with Gasteiger partial charge in [0.05, 0.1) is 0 Å². The minimum absolute atomic E-state index is 0.551. The molecule has 1 aromatic carbocycles. The first-order valence-electron chi connectivity index (χ1n) is 6.58. The van der Waals surface area contributed by atoms with Crippen molar-refractivity contribution in [1.29, 1.82) is 0 Å². The van der Waals surface area contributed by atoms with Crippen LogP contribution in [-0.4, -0.2) is 59.7 Å². The lowest BCUT2D eigenvalue weighted by Crippen LogP contribution is -2.45. The summed E-state index contributed by atoms with van der Waals surface area (Å²) in [5, 5.41) is 18.1. The molecule has 0 amide bonds. The van der Waals surface area contributed by atoms with Crippen LogP contribution in [-0.2, 0) is 6.54 Å². The number of hydrogen-bond donors (Lipinski definition) is 2. The van der Waals surface area contributed by atoms with E-state index >= 15 is 0 Å². The second-order valence-electron chi connectivity index (χ2n) is 4.83. The molecule has 1 aliphatic heterocycles. The van der Waals surface area contributed by atoms with Crippen molar-refractivity contribution in [3.63, 3.8) is 0 Å². The summed E-state index contributed by atoms with van der Waals surface area (Å²) >= 11 is 0. The molecule has 2 rings (SSSR count). The Labute approximate surface area is 109 Å². The van der Waals surface area contributed by atoms with Gasteiger partial charge >= 0.3 is 7.12 Å². The van der Waals surface area contributed by atoms with Gasteiger partial charge in [-0.05, 0) is 17.6 Å². The molecule has 18 heavy (non-hydrogen) atoms. The highest BCUT2D eigenvalue weighted by Gasteiger charge is 2.16. The summed E-state index contributed by atoms with van der Waals surface area (Å²) in [7, 11) is -1.37. The summed E-state index contributed by atoms with van der Waals surface area (Å²) in [5.74, 6) is 0. The van der Waals surface area contributed by atoms with Gasteiger partial charge in [-0.2, -0.15) is 0 Å². The highest BCUT2D eigenvalue weighted by molar-refractivity contribution is 6.58. The molecule has 1 aromatic rings. The molecule has 98 valence electrons. The number of nitrogens with zero attached hydrogens (tertiary/aromatic N) is 2. The molecule has 0 spiro atoms. The van der Waals surface area contributed by atoms with Crippen LogP contribution in [0.4, 0.5) is 0 Å². The number of rotatable bonds is 4. The lowest BCUT2D eigenvalue weighted by Gasteiger charge is -2.34. The van der Waals surface area contributed by atoms with Gasteiger partial charge in [-0.15, -0.1) is 0 Å². The molecule has 0 atom stereocenters. The first-order valence-corrected chi connectivity index (χ1v) is 6.58. The fraction of sp³-hybridized carbons (Fsp3) is 0.538. The zero-order chi connectivity index (χ0) is 13.0. The van der Waals surface area contributed by atoms with Crippen LogP contribution < -0.4 is 5.46 Å². The van der Waals surface area contributed by atoms with Crippen molar-refractivity contribution in [2.24, 2.45) is 0 Å². The van der Waals surface area contributed by atoms with E-state index in [0.717, 1.165) is 39.3 Å². The maximum absolute atomic E-state index is 9.03. The molecule has 0 bridgehead atoms. The maximum Gasteiger partial charge on any atom is 0.488 e. The first-order chi connectivity index (χ1) is 8.69. The van der Waals surface area contributed by atoms with E-state index in [2.05, 4.69) is 16.7 Å². The van der Waals surface area contributed by atoms with E-state index in [1.807, 2.05) is 12.1 Å². The molecule has 2 N–H and O–H groups in total. The van der Waals surface area contributed by atoms with Gasteiger partial charge in [-0.25, -0.2) is 0 Å². The minimum Gasteiger partial charge on any atom is -0.423 e. The van der Waals surface area contributed by atoms with Gasteiger partial charge in [-0.3, -0.25) is 4.90 Å². The van der Waals surface area contributed by atoms with Gasteiger partial charge in [0.1, 0.15) is 0 Å². The highest BCUT2D eigenvalue weighted by Crippen LogP contribution is 2.07. The lowest BCUT2D eigenvalue weighted by molar-refractivity contribution is 0.132. The molecule has 0 radical (unpaired) electrons. The highest BCUT2D eigenvalue weighted by atomic mass is 16.4. The van der Waals surface area contributed by atoms with Crippen LogP contribution in [0.3, 0.4) is 0 Å². The zero-order valence-electron chi connectivity index (χ0n) is 10.9. The zero-order valence-corrected chi connectivity index (χ0v) is 10.9. The van der Waals surface area contributed by atoms with Gasteiger partial charge < -0.3 is 14.9 Å². The van der Waals surface area contributed by atoms with Crippen molar-refractivity contribution in [2.75, 3.05) is 32.7 Å². The van der Waals surface area contributed by atoms with Gasteiger partial charge in [0.25, 0.3) is 0 Å². The fourth-order valence-electron chi connectivity index (χ4n) is 2.32. The molecule has 0 saturated carbocycles. The Bertz CT molecular complexity index is 362. The van der Waals surface area contributed by atoms with Gasteiger partial charge in [0, 0.05) is 32.7 Å². The van der Waals surface area contributed by atoms with Crippen molar-refractivity contribution < 1.29 is 10.0 Å². The van der Waals surface area contributed by atoms with Gasteiger partial charge in [0.15, 0.2) is 0 Å². The summed E-state index contributed by atoms with van der Waals surface area (Å²) < 4.78 is 0. The first kappa shape index (κ1) is 13.6. The van der Waals surface area contributed by atoms with Crippen LogP contribution in [0.15, 0.2) is 24.3 Å². The molecule has 4 nitrogen and oxygen atoms in total. The van der Waals surface area contributed by atoms with E-state index < -0.39 is 7.12 Å². The average molecular weight is 248 g/mol. The van der Waals surface area contributed by atoms with Gasteiger partial charge in [-0.1, -0.05) is 31.2 Å². The largest absolute Gasteiger partial charge is 0.488 e. The number of benzene rings is 1. The summed E-state index contributed by atoms with van der Waals surface area (Å²) in [6, 6.07) is 7.51. The second kappa shape index (κ2) is 6.34. The fourth-order valence-corrected chi connectivity index (χ4v) is 2.32. The third-order valence-corrected chi connectivity index (χ3v) is 3.60. The van der Waals surface area contributed by atoms with Crippen molar-refractivity contribution in [1.82, 2.24) is 9.80 Å². The summed E-state index contributed by atoms with van der Waals surface area (Å²) in [4.78, 5) is 4.90. The normalized spacial score (nSPS) is 17.9. The average Bonchev–Trinajstić information content (AvgIpc) is 2.40. The molecule has 1 aliphatic rings. The summed E-state index contributed by atoms with van der Waals surface area (Å²) in [5.41, 5.74) is 1.78. The van der Waals surface area contributed by atoms with E-state index in [4.69, 9.17) is 10.0 Å². The summed E-state index contributed by atoms with van der Waals surface area (Å²) in [6.45, 7) is 8.79. The van der Waals surface area contributed by atoms with Gasteiger partial charge in [0.2, 0.25) is 0 Å². The molecule has 1 heterocycles. The number of hydrogen-bond acceptors (Lipinski definition) is 4. The smallest absolute Gasteiger partial charge is 0.423 e.